The van der Waals surface area contributed by atoms with Crippen molar-refractivity contribution in [1.82, 2.24) is 38.8 Å². The van der Waals surface area contributed by atoms with E-state index in [1.165, 1.54) is 19.5 Å². The van der Waals surface area contributed by atoms with E-state index in [2.05, 4.69) is 29.7 Å². The van der Waals surface area contributed by atoms with Gasteiger partial charge in [0.25, 0.3) is 11.5 Å². The molecule has 44 heavy (non-hydrogen) atoms. The van der Waals surface area contributed by atoms with E-state index in [9.17, 15) is 9.59 Å². The zero-order chi connectivity index (χ0) is 30.2. The fourth-order valence-corrected chi connectivity index (χ4v) is 5.69. The van der Waals surface area contributed by atoms with Crippen LogP contribution in [0.1, 0.15) is 26.7 Å². The summed E-state index contributed by atoms with van der Waals surface area (Å²) in [5.41, 5.74) is 4.07. The van der Waals surface area contributed by atoms with Crippen LogP contribution in [-0.2, 0) is 17.9 Å². The minimum atomic E-state index is -0.231. The Morgan fingerprint density at radius 2 is 1.93 bits per heavy atom. The molecular formula is C31H34N10O3. The number of nitrogens with zero attached hydrogens (tertiary/aromatic N) is 9. The average Bonchev–Trinajstić information content (AvgIpc) is 3.53. The van der Waals surface area contributed by atoms with Gasteiger partial charge in [0.1, 0.15) is 11.1 Å². The van der Waals surface area contributed by atoms with Crippen molar-refractivity contribution in [3.05, 3.63) is 65.5 Å². The number of carbonyl (C=O) groups excluding carboxylic acids is 1. The van der Waals surface area contributed by atoms with E-state index in [4.69, 9.17) is 9.72 Å². The third-order valence-electron chi connectivity index (χ3n) is 8.11. The topological polar surface area (TPSA) is 128 Å². The summed E-state index contributed by atoms with van der Waals surface area (Å²) in [6, 6.07) is 7.82. The number of anilines is 3. The predicted octanol–water partition coefficient (Wildman–Crippen LogP) is 3.49. The van der Waals surface area contributed by atoms with Crippen LogP contribution in [0.4, 0.5) is 17.3 Å². The molecule has 1 aromatic carbocycles. The summed E-state index contributed by atoms with van der Waals surface area (Å²) in [5.74, 6) is 0.590. The van der Waals surface area contributed by atoms with Gasteiger partial charge in [-0.1, -0.05) is 19.1 Å². The molecule has 6 heterocycles. The Hall–Kier alpha value is -5.04. The molecule has 2 aliphatic heterocycles. The molecule has 0 aliphatic carbocycles. The molecule has 7 rings (SSSR count). The largest absolute Gasteiger partial charge is 0.466 e. The monoisotopic (exact) mass is 594 g/mol. The standard InChI is InChI=1S/C31H34N10O3/c1-3-5-12-40-30(43)23-18-33-31(35-21-7-8-25-24(15-21)34-20-38(25)14-13-37-10-6-11-37)36-28(23)41(40)22-16-26-29(32-17-22)44-19-27(42)39(26)9-4-2/h3,5,7-8,15-18,20H,4,6,9-14,19H2,1-2H3,(H,33,35,36)/b5-3-. The van der Waals surface area contributed by atoms with Crippen LogP contribution >= 0.6 is 0 Å². The number of allylic oxidation sites excluding steroid dienone is 2. The first-order chi connectivity index (χ1) is 21.5. The van der Waals surface area contributed by atoms with Crippen molar-refractivity contribution in [3.8, 4) is 11.6 Å². The van der Waals surface area contributed by atoms with Crippen LogP contribution in [0.5, 0.6) is 5.88 Å². The SMILES string of the molecule is C/C=C\Cn1c(=O)c2cnc(Nc3ccc4c(c3)ncn4CCN3CCC3)nc2n1-c1cnc2c(c1)N(CCC)C(=O)CO2. The molecule has 13 nitrogen and oxygen atoms in total. The Morgan fingerprint density at radius 3 is 2.73 bits per heavy atom. The maximum atomic E-state index is 13.6. The first kappa shape index (κ1) is 27.8. The van der Waals surface area contributed by atoms with Crippen molar-refractivity contribution in [1.29, 1.82) is 0 Å². The van der Waals surface area contributed by atoms with Crippen molar-refractivity contribution in [2.24, 2.45) is 0 Å². The van der Waals surface area contributed by atoms with Gasteiger partial charge < -0.3 is 24.4 Å². The molecule has 1 saturated heterocycles. The lowest BCUT2D eigenvalue weighted by Gasteiger charge is -2.30. The highest BCUT2D eigenvalue weighted by molar-refractivity contribution is 5.97. The Morgan fingerprint density at radius 1 is 1.05 bits per heavy atom. The van der Waals surface area contributed by atoms with Crippen molar-refractivity contribution < 1.29 is 9.53 Å². The van der Waals surface area contributed by atoms with Crippen LogP contribution in [0.25, 0.3) is 27.8 Å². The second-order valence-electron chi connectivity index (χ2n) is 11.0. The van der Waals surface area contributed by atoms with E-state index < -0.39 is 0 Å². The average molecular weight is 595 g/mol. The van der Waals surface area contributed by atoms with Crippen LogP contribution in [0, 0.1) is 0 Å². The third kappa shape index (κ3) is 4.98. The van der Waals surface area contributed by atoms with Crippen LogP contribution in [-0.4, -0.2) is 77.5 Å². The Labute approximate surface area is 253 Å². The first-order valence-corrected chi connectivity index (χ1v) is 15.0. The van der Waals surface area contributed by atoms with Gasteiger partial charge in [-0.25, -0.2) is 24.3 Å². The number of hydrogen-bond acceptors (Lipinski definition) is 9. The Kier molecular flexibility index (Phi) is 7.30. The molecule has 0 saturated carbocycles. The van der Waals surface area contributed by atoms with Crippen molar-refractivity contribution >= 4 is 45.3 Å². The summed E-state index contributed by atoms with van der Waals surface area (Å²) in [6.07, 6.45) is 10.9. The molecule has 0 bridgehead atoms. The molecule has 0 spiro atoms. The van der Waals surface area contributed by atoms with Gasteiger partial charge in [0.15, 0.2) is 12.3 Å². The van der Waals surface area contributed by atoms with Gasteiger partial charge in [-0.3, -0.25) is 9.59 Å². The number of pyridine rings is 1. The predicted molar refractivity (Wildman–Crippen MR) is 168 cm³/mol. The Balaban J connectivity index is 1.25. The number of carbonyl (C=O) groups is 1. The molecule has 13 heteroatoms. The van der Waals surface area contributed by atoms with Gasteiger partial charge in [0, 0.05) is 31.5 Å². The van der Waals surface area contributed by atoms with E-state index in [1.807, 2.05) is 56.6 Å². The molecule has 4 aromatic heterocycles. The lowest BCUT2D eigenvalue weighted by atomic mass is 10.2. The number of hydrogen-bond donors (Lipinski definition) is 1. The second-order valence-corrected chi connectivity index (χ2v) is 11.0. The summed E-state index contributed by atoms with van der Waals surface area (Å²) in [4.78, 5) is 48.7. The minimum absolute atomic E-state index is 0.0509. The molecule has 0 radical (unpaired) electrons. The van der Waals surface area contributed by atoms with Gasteiger partial charge in [0.2, 0.25) is 11.8 Å². The third-order valence-corrected chi connectivity index (χ3v) is 8.11. The smallest absolute Gasteiger partial charge is 0.278 e. The van der Waals surface area contributed by atoms with Gasteiger partial charge in [0.05, 0.1) is 35.8 Å². The first-order valence-electron chi connectivity index (χ1n) is 15.0. The van der Waals surface area contributed by atoms with Crippen molar-refractivity contribution in [2.75, 3.05) is 43.0 Å². The lowest BCUT2D eigenvalue weighted by Crippen LogP contribution is -2.39. The number of likely N-dealkylation sites (tertiary alicyclic amines) is 1. The zero-order valence-corrected chi connectivity index (χ0v) is 24.8. The summed E-state index contributed by atoms with van der Waals surface area (Å²) >= 11 is 0. The van der Waals surface area contributed by atoms with Crippen LogP contribution in [0.3, 0.4) is 0 Å². The van der Waals surface area contributed by atoms with Crippen LogP contribution in [0.15, 0.2) is 59.9 Å². The quantitative estimate of drug-likeness (QED) is 0.242. The van der Waals surface area contributed by atoms with Gasteiger partial charge >= 0.3 is 0 Å². The number of ether oxygens (including phenoxy) is 1. The number of aromatic nitrogens is 7. The molecule has 0 unspecified atom stereocenters. The summed E-state index contributed by atoms with van der Waals surface area (Å²) in [6.45, 7) is 8.98. The van der Waals surface area contributed by atoms with Crippen LogP contribution < -0.4 is 20.5 Å². The number of imidazole rings is 1. The van der Waals surface area contributed by atoms with E-state index in [0.717, 1.165) is 36.2 Å². The normalized spacial score (nSPS) is 15.2. The number of amides is 1. The zero-order valence-electron chi connectivity index (χ0n) is 24.8. The number of rotatable bonds is 10. The maximum Gasteiger partial charge on any atom is 0.278 e. The molecule has 226 valence electrons. The minimum Gasteiger partial charge on any atom is -0.466 e. The number of nitrogens with one attached hydrogen (secondary N) is 1. The maximum absolute atomic E-state index is 13.6. The summed E-state index contributed by atoms with van der Waals surface area (Å²) in [7, 11) is 0. The molecule has 1 amide bonds. The molecular weight excluding hydrogens is 560 g/mol. The van der Waals surface area contributed by atoms with E-state index in [0.29, 0.717) is 47.3 Å². The van der Waals surface area contributed by atoms with Gasteiger partial charge in [-0.15, -0.1) is 0 Å². The molecule has 1 fully saturated rings. The molecule has 0 atom stereocenters. The van der Waals surface area contributed by atoms with Crippen molar-refractivity contribution in [3.63, 3.8) is 0 Å². The summed E-state index contributed by atoms with van der Waals surface area (Å²) in [5, 5.41) is 3.66. The highest BCUT2D eigenvalue weighted by Crippen LogP contribution is 2.32. The molecule has 1 N–H and O–H groups in total. The van der Waals surface area contributed by atoms with E-state index in [-0.39, 0.29) is 18.1 Å². The van der Waals surface area contributed by atoms with Crippen molar-refractivity contribution in [2.45, 2.75) is 39.8 Å². The Bertz CT molecular complexity index is 1950. The fourth-order valence-electron chi connectivity index (χ4n) is 5.69. The van der Waals surface area contributed by atoms with Gasteiger partial charge in [-0.2, -0.15) is 4.98 Å². The summed E-state index contributed by atoms with van der Waals surface area (Å²) < 4.78 is 11.1. The van der Waals surface area contributed by atoms with Crippen LogP contribution in [0.2, 0.25) is 0 Å². The van der Waals surface area contributed by atoms with Gasteiger partial charge in [-0.05, 0) is 57.1 Å². The fraction of sp³-hybridized carbons (Fsp3) is 0.355. The van der Waals surface area contributed by atoms with E-state index in [1.54, 1.807) is 26.7 Å². The number of fused-ring (bicyclic) bond motifs is 3. The number of benzene rings is 1. The lowest BCUT2D eigenvalue weighted by molar-refractivity contribution is -0.121. The highest BCUT2D eigenvalue weighted by atomic mass is 16.5. The highest BCUT2D eigenvalue weighted by Gasteiger charge is 2.27. The van der Waals surface area contributed by atoms with E-state index >= 15 is 0 Å². The molecule has 5 aromatic rings. The molecule has 2 aliphatic rings. The second kappa shape index (κ2) is 11.6.